The van der Waals surface area contributed by atoms with Crippen molar-refractivity contribution in [2.45, 2.75) is 45.3 Å². The number of sulfonamides is 1. The minimum absolute atomic E-state index is 0.0774. The second-order valence-electron chi connectivity index (χ2n) is 9.76. The lowest BCUT2D eigenvalue weighted by atomic mass is 10.0. The van der Waals surface area contributed by atoms with Crippen molar-refractivity contribution >= 4 is 55.1 Å². The lowest BCUT2D eigenvalue weighted by Crippen LogP contribution is -2.54. The summed E-state index contributed by atoms with van der Waals surface area (Å²) in [6, 6.07) is 20.3. The maximum Gasteiger partial charge on any atom is 0.244 e. The largest absolute Gasteiger partial charge is 0.495 e. The molecule has 0 radical (unpaired) electrons. The summed E-state index contributed by atoms with van der Waals surface area (Å²) in [7, 11) is -2.56. The number of anilines is 1. The molecule has 0 heterocycles. The van der Waals surface area contributed by atoms with E-state index in [1.165, 1.54) is 24.1 Å². The number of hydrogen-bond acceptors (Lipinski definition) is 5. The summed E-state index contributed by atoms with van der Waals surface area (Å²) in [5.41, 5.74) is 1.76. The van der Waals surface area contributed by atoms with Crippen LogP contribution in [-0.4, -0.2) is 57.1 Å². The van der Waals surface area contributed by atoms with E-state index in [0.29, 0.717) is 6.42 Å². The second kappa shape index (κ2) is 14.7. The number of nitrogens with one attached hydrogen (secondary N) is 1. The van der Waals surface area contributed by atoms with Gasteiger partial charge in [-0.25, -0.2) is 8.42 Å². The molecule has 0 bridgehead atoms. The molecule has 1 N–H and O–H groups in total. The summed E-state index contributed by atoms with van der Waals surface area (Å²) < 4.78 is 33.2. The highest BCUT2D eigenvalue weighted by Crippen LogP contribution is 2.33. The third kappa shape index (κ3) is 9.21. The third-order valence-corrected chi connectivity index (χ3v) is 8.46. The van der Waals surface area contributed by atoms with E-state index in [1.54, 1.807) is 6.07 Å². The maximum absolute atomic E-state index is 14.2. The van der Waals surface area contributed by atoms with Gasteiger partial charge < -0.3 is 15.0 Å². The van der Waals surface area contributed by atoms with Crippen LogP contribution < -0.4 is 14.4 Å². The smallest absolute Gasteiger partial charge is 0.244 e. The number of carbonyl (C=O) groups is 2. The van der Waals surface area contributed by atoms with Gasteiger partial charge in [-0.3, -0.25) is 13.9 Å². The number of rotatable bonds is 13. The normalized spacial score (nSPS) is 12.7. The molecule has 11 heteroatoms. The van der Waals surface area contributed by atoms with E-state index in [9.17, 15) is 18.0 Å². The van der Waals surface area contributed by atoms with Crippen LogP contribution in [0.1, 0.15) is 31.4 Å². The van der Waals surface area contributed by atoms with E-state index in [2.05, 4.69) is 21.2 Å². The molecule has 0 aliphatic heterocycles. The van der Waals surface area contributed by atoms with Gasteiger partial charge in [0.05, 0.1) is 19.1 Å². The summed E-state index contributed by atoms with van der Waals surface area (Å²) in [5.74, 6) is -0.642. The van der Waals surface area contributed by atoms with Crippen LogP contribution in [0.15, 0.2) is 77.3 Å². The zero-order chi connectivity index (χ0) is 30.2. The first-order valence-electron chi connectivity index (χ1n) is 13.1. The van der Waals surface area contributed by atoms with E-state index in [-0.39, 0.29) is 41.4 Å². The fourth-order valence-corrected chi connectivity index (χ4v) is 5.74. The molecule has 2 amide bonds. The molecule has 0 fully saturated rings. The number of halogens is 2. The topological polar surface area (TPSA) is 96.0 Å². The Morgan fingerprint density at radius 1 is 1.02 bits per heavy atom. The van der Waals surface area contributed by atoms with Crippen LogP contribution in [0, 0.1) is 0 Å². The highest BCUT2D eigenvalue weighted by Gasteiger charge is 2.34. The van der Waals surface area contributed by atoms with Gasteiger partial charge in [0.1, 0.15) is 18.3 Å². The van der Waals surface area contributed by atoms with Crippen molar-refractivity contribution in [3.05, 3.63) is 93.4 Å². The summed E-state index contributed by atoms with van der Waals surface area (Å²) >= 11 is 9.68. The monoisotopic (exact) mass is 663 g/mol. The molecule has 41 heavy (non-hydrogen) atoms. The van der Waals surface area contributed by atoms with Gasteiger partial charge in [-0.05, 0) is 54.8 Å². The molecule has 0 spiro atoms. The molecular weight excluding hydrogens is 630 g/mol. The fourth-order valence-electron chi connectivity index (χ4n) is 4.28. The number of hydrogen-bond donors (Lipinski definition) is 1. The predicted molar refractivity (Wildman–Crippen MR) is 167 cm³/mol. The first-order chi connectivity index (χ1) is 19.4. The van der Waals surface area contributed by atoms with Crippen LogP contribution in [0.3, 0.4) is 0 Å². The molecule has 0 aliphatic rings. The average molecular weight is 665 g/mol. The first kappa shape index (κ1) is 32.4. The number of ether oxygens (including phenoxy) is 1. The van der Waals surface area contributed by atoms with Gasteiger partial charge in [-0.2, -0.15) is 0 Å². The van der Waals surface area contributed by atoms with E-state index < -0.39 is 28.5 Å². The molecule has 3 rings (SSSR count). The van der Waals surface area contributed by atoms with Crippen molar-refractivity contribution < 1.29 is 22.7 Å². The molecule has 3 aromatic carbocycles. The van der Waals surface area contributed by atoms with Crippen LogP contribution in [0.25, 0.3) is 0 Å². The average Bonchev–Trinajstić information content (AvgIpc) is 2.93. The minimum atomic E-state index is -3.96. The molecule has 8 nitrogen and oxygen atoms in total. The van der Waals surface area contributed by atoms with Crippen LogP contribution in [-0.2, 0) is 32.6 Å². The Bertz CT molecular complexity index is 1460. The van der Waals surface area contributed by atoms with Crippen molar-refractivity contribution in [3.8, 4) is 5.75 Å². The molecule has 220 valence electrons. The Hall–Kier alpha value is -3.08. The Kier molecular flexibility index (Phi) is 11.6. The van der Waals surface area contributed by atoms with E-state index in [1.807, 2.05) is 68.4 Å². The van der Waals surface area contributed by atoms with Crippen LogP contribution >= 0.6 is 27.5 Å². The molecule has 2 atom stereocenters. The van der Waals surface area contributed by atoms with Gasteiger partial charge in [0, 0.05) is 28.5 Å². The van der Waals surface area contributed by atoms with E-state index in [0.717, 1.165) is 26.2 Å². The van der Waals surface area contributed by atoms with Gasteiger partial charge in [-0.1, -0.05) is 76.9 Å². The predicted octanol–water partition coefficient (Wildman–Crippen LogP) is 5.43. The molecule has 3 aromatic rings. The molecule has 0 saturated carbocycles. The van der Waals surface area contributed by atoms with Crippen molar-refractivity contribution in [2.75, 3.05) is 24.2 Å². The number of benzene rings is 3. The fraction of sp³-hybridized carbons (Fsp3) is 0.333. The molecule has 0 aromatic heterocycles. The third-order valence-electron chi connectivity index (χ3n) is 6.60. The zero-order valence-corrected chi connectivity index (χ0v) is 26.7. The number of nitrogens with zero attached hydrogens (tertiary/aromatic N) is 2. The van der Waals surface area contributed by atoms with Crippen molar-refractivity contribution in [2.24, 2.45) is 0 Å². The lowest BCUT2D eigenvalue weighted by molar-refractivity contribution is -0.140. The van der Waals surface area contributed by atoms with Gasteiger partial charge in [-0.15, -0.1) is 0 Å². The molecular formula is C30H35BrClN3O5S. The van der Waals surface area contributed by atoms with Crippen LogP contribution in [0.4, 0.5) is 5.69 Å². The first-order valence-corrected chi connectivity index (χ1v) is 16.1. The molecule has 2 unspecified atom stereocenters. The SMILES string of the molecule is CCC(C)NC(=O)C(Cc1ccccc1)N(Cc1cccc(Br)c1)C(=O)CN(c1cc(Cl)ccc1OC)S(C)(=O)=O. The minimum Gasteiger partial charge on any atom is -0.495 e. The summed E-state index contributed by atoms with van der Waals surface area (Å²) in [5, 5.41) is 3.29. The number of methoxy groups -OCH3 is 1. The van der Waals surface area contributed by atoms with E-state index in [4.69, 9.17) is 16.3 Å². The second-order valence-corrected chi connectivity index (χ2v) is 13.0. The van der Waals surface area contributed by atoms with Gasteiger partial charge in [0.25, 0.3) is 0 Å². The number of amides is 2. The molecule has 0 aliphatic carbocycles. The highest BCUT2D eigenvalue weighted by atomic mass is 79.9. The Balaban J connectivity index is 2.10. The summed E-state index contributed by atoms with van der Waals surface area (Å²) in [4.78, 5) is 29.4. The van der Waals surface area contributed by atoms with Gasteiger partial charge in [0.15, 0.2) is 0 Å². The van der Waals surface area contributed by atoms with Crippen molar-refractivity contribution in [3.63, 3.8) is 0 Å². The van der Waals surface area contributed by atoms with Crippen molar-refractivity contribution in [1.82, 2.24) is 10.2 Å². The standard InChI is InChI=1S/C30H35BrClN3O5S/c1-5-21(2)33-30(37)27(17-22-10-7-6-8-11-22)34(19-23-12-9-13-24(31)16-23)29(36)20-35(41(4,38)39)26-18-25(32)14-15-28(26)40-3/h6-16,18,21,27H,5,17,19-20H2,1-4H3,(H,33,37). The van der Waals surface area contributed by atoms with Crippen LogP contribution in [0.5, 0.6) is 5.75 Å². The Morgan fingerprint density at radius 2 is 1.71 bits per heavy atom. The molecule has 0 saturated heterocycles. The lowest BCUT2D eigenvalue weighted by Gasteiger charge is -2.34. The highest BCUT2D eigenvalue weighted by molar-refractivity contribution is 9.10. The maximum atomic E-state index is 14.2. The quantitative estimate of drug-likeness (QED) is 0.263. The zero-order valence-electron chi connectivity index (χ0n) is 23.5. The Morgan fingerprint density at radius 3 is 2.32 bits per heavy atom. The van der Waals surface area contributed by atoms with E-state index >= 15 is 0 Å². The Labute approximate surface area is 255 Å². The summed E-state index contributed by atoms with van der Waals surface area (Å²) in [6.07, 6.45) is 1.96. The van der Waals surface area contributed by atoms with Gasteiger partial charge >= 0.3 is 0 Å². The van der Waals surface area contributed by atoms with Crippen molar-refractivity contribution in [1.29, 1.82) is 0 Å². The van der Waals surface area contributed by atoms with Gasteiger partial charge in [0.2, 0.25) is 21.8 Å². The number of carbonyl (C=O) groups excluding carboxylic acids is 2. The van der Waals surface area contributed by atoms with Crippen LogP contribution in [0.2, 0.25) is 5.02 Å². The summed E-state index contributed by atoms with van der Waals surface area (Å²) in [6.45, 7) is 3.37.